The highest BCUT2D eigenvalue weighted by Gasteiger charge is 2.22. The molecule has 0 unspecified atom stereocenters. The SMILES string of the molecule is C#CCNC(=O)CCCCCC(C)(C)OCCC(C)(C)OCCNC(=O)CCCC[C@@H]1CCSS1. The molecule has 1 heterocycles. The highest BCUT2D eigenvalue weighted by Crippen LogP contribution is 2.39. The lowest BCUT2D eigenvalue weighted by Crippen LogP contribution is -2.34. The summed E-state index contributed by atoms with van der Waals surface area (Å²) in [4.78, 5) is 23.6. The number of terminal acetylenes is 1. The Labute approximate surface area is 222 Å². The highest BCUT2D eigenvalue weighted by atomic mass is 33.1. The van der Waals surface area contributed by atoms with Gasteiger partial charge in [0.15, 0.2) is 0 Å². The predicted octanol–water partition coefficient (Wildman–Crippen LogP) is 5.50. The van der Waals surface area contributed by atoms with Crippen molar-refractivity contribution in [2.45, 2.75) is 115 Å². The van der Waals surface area contributed by atoms with Crippen LogP contribution in [-0.2, 0) is 19.1 Å². The monoisotopic (exact) mass is 528 g/mol. The minimum atomic E-state index is -0.302. The Bertz CT molecular complexity index is 644. The zero-order chi connectivity index (χ0) is 26.0. The maximum absolute atomic E-state index is 12.0. The van der Waals surface area contributed by atoms with Gasteiger partial charge < -0.3 is 20.1 Å². The third-order valence-corrected chi connectivity index (χ3v) is 9.10. The average molecular weight is 529 g/mol. The van der Waals surface area contributed by atoms with Gasteiger partial charge in [0.2, 0.25) is 11.8 Å². The van der Waals surface area contributed by atoms with Crippen molar-refractivity contribution in [3.63, 3.8) is 0 Å². The van der Waals surface area contributed by atoms with Crippen molar-refractivity contribution < 1.29 is 19.1 Å². The lowest BCUT2D eigenvalue weighted by Gasteiger charge is -2.30. The Kier molecular flexibility index (Phi) is 16.9. The molecule has 1 rings (SSSR count). The first kappa shape index (κ1) is 32.1. The van der Waals surface area contributed by atoms with Gasteiger partial charge in [-0.15, -0.1) is 6.42 Å². The zero-order valence-electron chi connectivity index (χ0n) is 22.4. The van der Waals surface area contributed by atoms with Gasteiger partial charge in [-0.1, -0.05) is 46.8 Å². The van der Waals surface area contributed by atoms with Crippen LogP contribution in [0.15, 0.2) is 0 Å². The third-order valence-electron chi connectivity index (χ3n) is 6.09. The molecular formula is C27H48N2O4S2. The van der Waals surface area contributed by atoms with Gasteiger partial charge in [0.05, 0.1) is 31.0 Å². The van der Waals surface area contributed by atoms with Crippen LogP contribution in [-0.4, -0.2) is 60.3 Å². The second-order valence-electron chi connectivity index (χ2n) is 10.4. The number of ether oxygens (including phenoxy) is 2. The summed E-state index contributed by atoms with van der Waals surface area (Å²) in [6, 6.07) is 0. The van der Waals surface area contributed by atoms with E-state index in [1.807, 2.05) is 21.6 Å². The van der Waals surface area contributed by atoms with Crippen LogP contribution in [0.1, 0.15) is 98.3 Å². The number of carbonyl (C=O) groups excluding carboxylic acids is 2. The Morgan fingerprint density at radius 2 is 1.57 bits per heavy atom. The molecule has 2 amide bonds. The molecule has 0 saturated carbocycles. The number of amides is 2. The number of hydrogen-bond donors (Lipinski definition) is 2. The lowest BCUT2D eigenvalue weighted by atomic mass is 9.99. The molecule has 1 saturated heterocycles. The van der Waals surface area contributed by atoms with Crippen molar-refractivity contribution >= 4 is 33.4 Å². The van der Waals surface area contributed by atoms with E-state index in [1.165, 1.54) is 18.6 Å². The first-order chi connectivity index (χ1) is 16.6. The molecule has 0 radical (unpaired) electrons. The van der Waals surface area contributed by atoms with E-state index in [4.69, 9.17) is 15.9 Å². The number of hydrogen-bond acceptors (Lipinski definition) is 6. The lowest BCUT2D eigenvalue weighted by molar-refractivity contribution is -0.122. The van der Waals surface area contributed by atoms with Gasteiger partial charge in [-0.05, 0) is 66.2 Å². The third kappa shape index (κ3) is 18.1. The smallest absolute Gasteiger partial charge is 0.220 e. The zero-order valence-corrected chi connectivity index (χ0v) is 24.1. The number of carbonyl (C=O) groups is 2. The molecule has 0 aromatic carbocycles. The van der Waals surface area contributed by atoms with E-state index < -0.39 is 0 Å². The van der Waals surface area contributed by atoms with Crippen LogP contribution >= 0.6 is 21.6 Å². The number of unbranched alkanes of at least 4 members (excludes halogenated alkanes) is 3. The molecule has 1 fully saturated rings. The summed E-state index contributed by atoms with van der Waals surface area (Å²) in [5.74, 6) is 3.83. The van der Waals surface area contributed by atoms with Gasteiger partial charge in [0.1, 0.15) is 0 Å². The fraction of sp³-hybridized carbons (Fsp3) is 0.852. The van der Waals surface area contributed by atoms with Gasteiger partial charge in [-0.2, -0.15) is 0 Å². The normalized spacial score (nSPS) is 16.1. The molecular weight excluding hydrogens is 480 g/mol. The molecule has 1 aliphatic heterocycles. The summed E-state index contributed by atoms with van der Waals surface area (Å²) in [7, 11) is 3.98. The van der Waals surface area contributed by atoms with E-state index in [0.29, 0.717) is 39.1 Å². The Morgan fingerprint density at radius 1 is 0.914 bits per heavy atom. The van der Waals surface area contributed by atoms with E-state index in [1.54, 1.807) is 0 Å². The van der Waals surface area contributed by atoms with Gasteiger partial charge in [-0.25, -0.2) is 0 Å². The minimum absolute atomic E-state index is 0.0217. The molecule has 0 aromatic rings. The molecule has 0 spiro atoms. The van der Waals surface area contributed by atoms with E-state index >= 15 is 0 Å². The van der Waals surface area contributed by atoms with E-state index in [0.717, 1.165) is 50.2 Å². The van der Waals surface area contributed by atoms with Crippen molar-refractivity contribution in [1.29, 1.82) is 0 Å². The standard InChI is InChI=1S/C27H48N2O4S2/c1-6-18-28-24(30)13-8-7-11-16-26(2,3)32-20-17-27(4,5)33-21-19-29-25(31)14-10-9-12-23-15-22-34-35-23/h1,23H,7-22H2,2-5H3,(H,28,30)(H,29,31)/t23-/m1/s1. The summed E-state index contributed by atoms with van der Waals surface area (Å²) in [5.41, 5.74) is -0.505. The second-order valence-corrected chi connectivity index (χ2v) is 13.2. The maximum Gasteiger partial charge on any atom is 0.220 e. The van der Waals surface area contributed by atoms with Crippen LogP contribution in [0, 0.1) is 12.3 Å². The highest BCUT2D eigenvalue weighted by molar-refractivity contribution is 8.77. The first-order valence-corrected chi connectivity index (χ1v) is 15.5. The minimum Gasteiger partial charge on any atom is -0.375 e. The van der Waals surface area contributed by atoms with E-state index in [9.17, 15) is 9.59 Å². The quantitative estimate of drug-likeness (QED) is 0.123. The first-order valence-electron chi connectivity index (χ1n) is 13.2. The van der Waals surface area contributed by atoms with Crippen LogP contribution in [0.5, 0.6) is 0 Å². The fourth-order valence-corrected chi connectivity index (χ4v) is 6.82. The van der Waals surface area contributed by atoms with Crippen LogP contribution in [0.2, 0.25) is 0 Å². The largest absolute Gasteiger partial charge is 0.375 e. The summed E-state index contributed by atoms with van der Waals surface area (Å²) in [6.07, 6.45) is 15.5. The second kappa shape index (κ2) is 18.4. The van der Waals surface area contributed by atoms with Gasteiger partial charge in [0, 0.05) is 30.4 Å². The molecule has 2 N–H and O–H groups in total. The van der Waals surface area contributed by atoms with Crippen molar-refractivity contribution in [3.8, 4) is 12.3 Å². The predicted molar refractivity (Wildman–Crippen MR) is 150 cm³/mol. The van der Waals surface area contributed by atoms with E-state index in [2.05, 4.69) is 44.2 Å². The van der Waals surface area contributed by atoms with Crippen LogP contribution in [0.4, 0.5) is 0 Å². The maximum atomic E-state index is 12.0. The summed E-state index contributed by atoms with van der Waals surface area (Å²) in [5, 5.41) is 6.46. The van der Waals surface area contributed by atoms with Gasteiger partial charge in [-0.3, -0.25) is 9.59 Å². The summed E-state index contributed by atoms with van der Waals surface area (Å²) >= 11 is 0. The molecule has 0 aromatic heterocycles. The Hall–Kier alpha value is -0.880. The number of nitrogens with one attached hydrogen (secondary N) is 2. The molecule has 0 aliphatic carbocycles. The van der Waals surface area contributed by atoms with Gasteiger partial charge in [0.25, 0.3) is 0 Å². The van der Waals surface area contributed by atoms with Crippen LogP contribution < -0.4 is 10.6 Å². The molecule has 6 nitrogen and oxygen atoms in total. The topological polar surface area (TPSA) is 76.7 Å². The van der Waals surface area contributed by atoms with Crippen molar-refractivity contribution in [1.82, 2.24) is 10.6 Å². The summed E-state index contributed by atoms with van der Waals surface area (Å²) < 4.78 is 12.1. The van der Waals surface area contributed by atoms with Crippen molar-refractivity contribution in [2.24, 2.45) is 0 Å². The Morgan fingerprint density at radius 3 is 2.26 bits per heavy atom. The fourth-order valence-electron chi connectivity index (χ4n) is 3.80. The van der Waals surface area contributed by atoms with Crippen molar-refractivity contribution in [2.75, 3.05) is 32.1 Å². The molecule has 0 bridgehead atoms. The Balaban J connectivity index is 2.03. The van der Waals surface area contributed by atoms with E-state index in [-0.39, 0.29) is 23.0 Å². The number of rotatable bonds is 20. The van der Waals surface area contributed by atoms with Gasteiger partial charge >= 0.3 is 0 Å². The molecule has 202 valence electrons. The van der Waals surface area contributed by atoms with Crippen LogP contribution in [0.25, 0.3) is 0 Å². The average Bonchev–Trinajstić information content (AvgIpc) is 3.31. The molecule has 1 aliphatic rings. The molecule has 1 atom stereocenters. The summed E-state index contributed by atoms with van der Waals surface area (Å²) in [6.45, 7) is 10.3. The van der Waals surface area contributed by atoms with Crippen LogP contribution in [0.3, 0.4) is 0 Å². The molecule has 35 heavy (non-hydrogen) atoms. The molecule has 8 heteroatoms. The van der Waals surface area contributed by atoms with Crippen molar-refractivity contribution in [3.05, 3.63) is 0 Å².